The smallest absolute Gasteiger partial charge is 0.254 e. The third-order valence-electron chi connectivity index (χ3n) is 4.03. The van der Waals surface area contributed by atoms with Gasteiger partial charge in [0.15, 0.2) is 12.4 Å². The van der Waals surface area contributed by atoms with Crippen LogP contribution in [0, 0.1) is 11.0 Å². The number of pyridine rings is 1. The van der Waals surface area contributed by atoms with Gasteiger partial charge in [-0.1, -0.05) is 0 Å². The SMILES string of the molecule is O=C(c1cc[n+]([O-])cc1)N1CCN(S(=O)(=O)c2ccc(F)cc2)CC1. The second-order valence-electron chi connectivity index (χ2n) is 5.60. The van der Waals surface area contributed by atoms with Gasteiger partial charge in [-0.05, 0) is 24.3 Å². The molecular weight excluding hydrogens is 349 g/mol. The maximum absolute atomic E-state index is 13.0. The Morgan fingerprint density at radius 3 is 2.12 bits per heavy atom. The van der Waals surface area contributed by atoms with Gasteiger partial charge in [0.25, 0.3) is 5.91 Å². The third kappa shape index (κ3) is 3.62. The summed E-state index contributed by atoms with van der Waals surface area (Å²) in [5.41, 5.74) is 0.377. The molecule has 132 valence electrons. The molecule has 1 fully saturated rings. The number of carbonyl (C=O) groups excluding carboxylic acids is 1. The van der Waals surface area contributed by atoms with Crippen LogP contribution in [-0.2, 0) is 10.0 Å². The molecule has 1 saturated heterocycles. The Kier molecular flexibility index (Phi) is 4.69. The van der Waals surface area contributed by atoms with Crippen LogP contribution in [0.3, 0.4) is 0 Å². The summed E-state index contributed by atoms with van der Waals surface area (Å²) in [4.78, 5) is 13.9. The van der Waals surface area contributed by atoms with E-state index < -0.39 is 15.8 Å². The summed E-state index contributed by atoms with van der Waals surface area (Å²) in [6.45, 7) is 0.788. The normalized spacial score (nSPS) is 16.0. The molecule has 9 heteroatoms. The van der Waals surface area contributed by atoms with Crippen LogP contribution in [0.1, 0.15) is 10.4 Å². The molecule has 0 N–H and O–H groups in total. The first-order valence-electron chi connectivity index (χ1n) is 7.62. The molecule has 1 aromatic heterocycles. The molecule has 1 aliphatic rings. The number of piperazine rings is 1. The van der Waals surface area contributed by atoms with Crippen molar-refractivity contribution in [3.8, 4) is 0 Å². The van der Waals surface area contributed by atoms with E-state index in [1.807, 2.05) is 0 Å². The van der Waals surface area contributed by atoms with Crippen LogP contribution in [-0.4, -0.2) is 49.7 Å². The van der Waals surface area contributed by atoms with Crippen molar-refractivity contribution in [3.63, 3.8) is 0 Å². The third-order valence-corrected chi connectivity index (χ3v) is 5.94. The van der Waals surface area contributed by atoms with Gasteiger partial charge in [0, 0.05) is 38.3 Å². The molecule has 0 aliphatic carbocycles. The van der Waals surface area contributed by atoms with Crippen molar-refractivity contribution in [1.82, 2.24) is 9.21 Å². The second kappa shape index (κ2) is 6.77. The van der Waals surface area contributed by atoms with E-state index in [1.54, 1.807) is 4.90 Å². The van der Waals surface area contributed by atoms with Crippen molar-refractivity contribution in [2.24, 2.45) is 0 Å². The van der Waals surface area contributed by atoms with Crippen LogP contribution in [0.25, 0.3) is 0 Å². The van der Waals surface area contributed by atoms with Crippen molar-refractivity contribution in [3.05, 3.63) is 65.4 Å². The zero-order chi connectivity index (χ0) is 18.0. The Bertz CT molecular complexity index is 861. The van der Waals surface area contributed by atoms with Crippen LogP contribution < -0.4 is 4.73 Å². The Hall–Kier alpha value is -2.52. The van der Waals surface area contributed by atoms with E-state index in [-0.39, 0.29) is 37.0 Å². The van der Waals surface area contributed by atoms with Crippen LogP contribution in [0.4, 0.5) is 4.39 Å². The average Bonchev–Trinajstić information content (AvgIpc) is 2.62. The molecule has 0 unspecified atom stereocenters. The molecular formula is C16H16FN3O4S. The van der Waals surface area contributed by atoms with Gasteiger partial charge in [0.05, 0.1) is 10.5 Å². The largest absolute Gasteiger partial charge is 0.619 e. The van der Waals surface area contributed by atoms with E-state index in [1.165, 1.54) is 41.0 Å². The molecule has 0 atom stereocenters. The monoisotopic (exact) mass is 365 g/mol. The molecule has 7 nitrogen and oxygen atoms in total. The van der Waals surface area contributed by atoms with Gasteiger partial charge in [-0.25, -0.2) is 12.8 Å². The number of sulfonamides is 1. The number of aromatic nitrogens is 1. The van der Waals surface area contributed by atoms with Gasteiger partial charge in [0.2, 0.25) is 10.0 Å². The number of rotatable bonds is 3. The van der Waals surface area contributed by atoms with Gasteiger partial charge in [-0.3, -0.25) is 4.79 Å². The summed E-state index contributed by atoms with van der Waals surface area (Å²) in [6.07, 6.45) is 2.48. The fraction of sp³-hybridized carbons (Fsp3) is 0.250. The summed E-state index contributed by atoms with van der Waals surface area (Å²) in [6, 6.07) is 7.51. The molecule has 2 aromatic rings. The van der Waals surface area contributed by atoms with Gasteiger partial charge in [-0.15, -0.1) is 0 Å². The first kappa shape index (κ1) is 17.3. The highest BCUT2D eigenvalue weighted by atomic mass is 32.2. The zero-order valence-corrected chi connectivity index (χ0v) is 14.0. The summed E-state index contributed by atoms with van der Waals surface area (Å²) in [7, 11) is -3.71. The van der Waals surface area contributed by atoms with Crippen molar-refractivity contribution < 1.29 is 22.3 Å². The second-order valence-corrected chi connectivity index (χ2v) is 7.53. The molecule has 2 heterocycles. The molecule has 3 rings (SSSR count). The van der Waals surface area contributed by atoms with Crippen molar-refractivity contribution in [2.75, 3.05) is 26.2 Å². The lowest BCUT2D eigenvalue weighted by molar-refractivity contribution is -0.605. The predicted octanol–water partition coefficient (Wildman–Crippen LogP) is 0.606. The first-order valence-corrected chi connectivity index (χ1v) is 9.06. The lowest BCUT2D eigenvalue weighted by Gasteiger charge is -2.34. The average molecular weight is 365 g/mol. The van der Waals surface area contributed by atoms with Crippen molar-refractivity contribution in [2.45, 2.75) is 4.90 Å². The van der Waals surface area contributed by atoms with Crippen LogP contribution in [0.15, 0.2) is 53.7 Å². The minimum absolute atomic E-state index is 0.0248. The quantitative estimate of drug-likeness (QED) is 0.589. The van der Waals surface area contributed by atoms with E-state index in [4.69, 9.17) is 0 Å². The highest BCUT2D eigenvalue weighted by molar-refractivity contribution is 7.89. The van der Waals surface area contributed by atoms with Crippen LogP contribution in [0.2, 0.25) is 0 Å². The molecule has 1 aromatic carbocycles. The summed E-state index contributed by atoms with van der Waals surface area (Å²) in [5.74, 6) is -0.754. The molecule has 0 spiro atoms. The maximum Gasteiger partial charge on any atom is 0.254 e. The van der Waals surface area contributed by atoms with Gasteiger partial charge < -0.3 is 10.1 Å². The number of benzene rings is 1. The fourth-order valence-corrected chi connectivity index (χ4v) is 4.05. The van der Waals surface area contributed by atoms with Gasteiger partial charge >= 0.3 is 0 Å². The fourth-order valence-electron chi connectivity index (χ4n) is 2.63. The number of hydrogen-bond donors (Lipinski definition) is 0. The zero-order valence-electron chi connectivity index (χ0n) is 13.2. The van der Waals surface area contributed by atoms with Crippen molar-refractivity contribution >= 4 is 15.9 Å². The van der Waals surface area contributed by atoms with E-state index in [9.17, 15) is 22.8 Å². The van der Waals surface area contributed by atoms with E-state index in [2.05, 4.69) is 0 Å². The minimum atomic E-state index is -3.71. The van der Waals surface area contributed by atoms with E-state index in [0.29, 0.717) is 10.3 Å². The highest BCUT2D eigenvalue weighted by Gasteiger charge is 2.30. The van der Waals surface area contributed by atoms with Crippen LogP contribution >= 0.6 is 0 Å². The summed E-state index contributed by atoms with van der Waals surface area (Å²) < 4.78 is 39.9. The Labute approximate surface area is 144 Å². The van der Waals surface area contributed by atoms with Gasteiger partial charge in [-0.2, -0.15) is 9.04 Å². The molecule has 0 bridgehead atoms. The molecule has 0 radical (unpaired) electrons. The lowest BCUT2D eigenvalue weighted by Crippen LogP contribution is -2.50. The molecule has 0 saturated carbocycles. The topological polar surface area (TPSA) is 84.6 Å². The summed E-state index contributed by atoms with van der Waals surface area (Å²) in [5, 5.41) is 11.0. The standard InChI is InChI=1S/C16H16FN3O4S/c17-14-1-3-15(4-2-14)25(23,24)20-11-9-18(10-12-20)16(21)13-5-7-19(22)8-6-13/h1-8H,9-12H2. The number of carbonyl (C=O) groups is 1. The Morgan fingerprint density at radius 2 is 1.56 bits per heavy atom. The van der Waals surface area contributed by atoms with Crippen LogP contribution in [0.5, 0.6) is 0 Å². The molecule has 1 aliphatic heterocycles. The van der Waals surface area contributed by atoms with E-state index >= 15 is 0 Å². The highest BCUT2D eigenvalue weighted by Crippen LogP contribution is 2.18. The number of halogens is 1. The predicted molar refractivity (Wildman–Crippen MR) is 86.5 cm³/mol. The maximum atomic E-state index is 13.0. The molecule has 25 heavy (non-hydrogen) atoms. The lowest BCUT2D eigenvalue weighted by atomic mass is 10.2. The minimum Gasteiger partial charge on any atom is -0.619 e. The van der Waals surface area contributed by atoms with E-state index in [0.717, 1.165) is 12.1 Å². The number of nitrogens with zero attached hydrogens (tertiary/aromatic N) is 3. The summed E-state index contributed by atoms with van der Waals surface area (Å²) >= 11 is 0. The Balaban J connectivity index is 1.68. The van der Waals surface area contributed by atoms with Crippen molar-refractivity contribution in [1.29, 1.82) is 0 Å². The van der Waals surface area contributed by atoms with Gasteiger partial charge in [0.1, 0.15) is 5.82 Å². The Morgan fingerprint density at radius 1 is 1.00 bits per heavy atom. The number of amides is 1. The first-order chi connectivity index (χ1) is 11.9. The molecule has 1 amide bonds. The number of hydrogen-bond acceptors (Lipinski definition) is 4.